The summed E-state index contributed by atoms with van der Waals surface area (Å²) >= 11 is 0. The average molecular weight is 401 g/mol. The third-order valence-corrected chi connectivity index (χ3v) is 6.61. The molecule has 2 heteroatoms. The third-order valence-electron chi connectivity index (χ3n) is 6.61. The molecule has 1 saturated heterocycles. The van der Waals surface area contributed by atoms with Crippen LogP contribution in [0, 0.1) is 5.92 Å². The predicted molar refractivity (Wildman–Crippen MR) is 123 cm³/mol. The van der Waals surface area contributed by atoms with E-state index in [2.05, 4.69) is 73.7 Å². The van der Waals surface area contributed by atoms with Gasteiger partial charge in [-0.1, -0.05) is 79.2 Å². The Balaban J connectivity index is 1.36. The highest BCUT2D eigenvalue weighted by molar-refractivity contribution is 5.82. The molecule has 30 heavy (non-hydrogen) atoms. The quantitative estimate of drug-likeness (QED) is 0.504. The van der Waals surface area contributed by atoms with Gasteiger partial charge in [0, 0.05) is 32.0 Å². The van der Waals surface area contributed by atoms with Crippen LogP contribution in [0.25, 0.3) is 5.57 Å². The highest BCUT2D eigenvalue weighted by Gasteiger charge is 2.23. The summed E-state index contributed by atoms with van der Waals surface area (Å²) in [5.41, 5.74) is 6.67. The van der Waals surface area contributed by atoms with Crippen LogP contribution in [0.2, 0.25) is 0 Å². The normalized spacial score (nSPS) is 19.4. The molecule has 1 unspecified atom stereocenters. The van der Waals surface area contributed by atoms with Crippen molar-refractivity contribution < 1.29 is 9.53 Å². The van der Waals surface area contributed by atoms with Gasteiger partial charge in [-0.05, 0) is 53.9 Å². The molecule has 1 heterocycles. The summed E-state index contributed by atoms with van der Waals surface area (Å²) in [7, 11) is 0. The van der Waals surface area contributed by atoms with Crippen LogP contribution in [0.3, 0.4) is 0 Å². The SMILES string of the molecule is CCC1C(CCC(=O)Cc2ccccc2C2CCOCC2)=CC=C1c1ccccc1. The number of allylic oxidation sites excluding steroid dienone is 4. The van der Waals surface area contributed by atoms with Crippen molar-refractivity contribution in [3.05, 3.63) is 89.0 Å². The molecule has 0 spiro atoms. The lowest BCUT2D eigenvalue weighted by atomic mass is 9.85. The lowest BCUT2D eigenvalue weighted by molar-refractivity contribution is -0.118. The molecule has 4 rings (SSSR count). The molecule has 0 N–H and O–H groups in total. The molecule has 0 radical (unpaired) electrons. The van der Waals surface area contributed by atoms with Crippen LogP contribution >= 0.6 is 0 Å². The van der Waals surface area contributed by atoms with Gasteiger partial charge in [0.15, 0.2) is 0 Å². The highest BCUT2D eigenvalue weighted by atomic mass is 16.5. The summed E-state index contributed by atoms with van der Waals surface area (Å²) in [6.45, 7) is 3.90. The van der Waals surface area contributed by atoms with E-state index in [-0.39, 0.29) is 0 Å². The zero-order chi connectivity index (χ0) is 20.8. The van der Waals surface area contributed by atoms with Crippen LogP contribution in [0.5, 0.6) is 0 Å². The Kier molecular flexibility index (Phi) is 6.96. The van der Waals surface area contributed by atoms with Gasteiger partial charge in [0.25, 0.3) is 0 Å². The van der Waals surface area contributed by atoms with Crippen molar-refractivity contribution in [2.24, 2.45) is 5.92 Å². The Morgan fingerprint density at radius 3 is 2.47 bits per heavy atom. The molecule has 1 fully saturated rings. The number of carbonyl (C=O) groups excluding carboxylic acids is 1. The minimum absolute atomic E-state index is 0.346. The third kappa shape index (κ3) is 4.82. The van der Waals surface area contributed by atoms with Crippen molar-refractivity contribution in [3.63, 3.8) is 0 Å². The van der Waals surface area contributed by atoms with E-state index in [0.717, 1.165) is 38.9 Å². The van der Waals surface area contributed by atoms with E-state index >= 15 is 0 Å². The fourth-order valence-corrected chi connectivity index (χ4v) is 4.98. The second-order valence-electron chi connectivity index (χ2n) is 8.49. The molecular formula is C28H32O2. The monoisotopic (exact) mass is 400 g/mol. The van der Waals surface area contributed by atoms with Crippen molar-refractivity contribution >= 4 is 11.4 Å². The van der Waals surface area contributed by atoms with Gasteiger partial charge in [0.2, 0.25) is 0 Å². The zero-order valence-corrected chi connectivity index (χ0v) is 18.0. The molecular weight excluding hydrogens is 368 g/mol. The van der Waals surface area contributed by atoms with Crippen LogP contribution in [-0.4, -0.2) is 19.0 Å². The smallest absolute Gasteiger partial charge is 0.137 e. The van der Waals surface area contributed by atoms with E-state index < -0.39 is 0 Å². The molecule has 0 aromatic heterocycles. The number of Topliss-reactive ketones (excluding diaryl/α,β-unsaturated/α-hetero) is 1. The van der Waals surface area contributed by atoms with Crippen molar-refractivity contribution in [2.45, 2.75) is 51.4 Å². The maximum absolute atomic E-state index is 12.9. The van der Waals surface area contributed by atoms with Crippen molar-refractivity contribution in [2.75, 3.05) is 13.2 Å². The highest BCUT2D eigenvalue weighted by Crippen LogP contribution is 2.38. The Morgan fingerprint density at radius 2 is 1.70 bits per heavy atom. The molecule has 2 aromatic carbocycles. The van der Waals surface area contributed by atoms with Crippen LogP contribution in [0.4, 0.5) is 0 Å². The predicted octanol–water partition coefficient (Wildman–Crippen LogP) is 6.52. The van der Waals surface area contributed by atoms with E-state index in [4.69, 9.17) is 4.74 Å². The minimum atomic E-state index is 0.346. The lowest BCUT2D eigenvalue weighted by Gasteiger charge is -2.24. The van der Waals surface area contributed by atoms with E-state index in [1.54, 1.807) is 0 Å². The van der Waals surface area contributed by atoms with E-state index in [1.807, 2.05) is 0 Å². The first kappa shape index (κ1) is 20.8. The summed E-state index contributed by atoms with van der Waals surface area (Å²) in [6.07, 6.45) is 9.74. The van der Waals surface area contributed by atoms with Crippen LogP contribution in [-0.2, 0) is 16.0 Å². The largest absolute Gasteiger partial charge is 0.381 e. The Labute approximate surface area is 180 Å². The van der Waals surface area contributed by atoms with Gasteiger partial charge >= 0.3 is 0 Å². The summed E-state index contributed by atoms with van der Waals surface area (Å²) in [4.78, 5) is 12.9. The Bertz CT molecular complexity index is 917. The van der Waals surface area contributed by atoms with Gasteiger partial charge in [-0.2, -0.15) is 0 Å². The number of rotatable bonds is 8. The summed E-state index contributed by atoms with van der Waals surface area (Å²) in [6, 6.07) is 19.1. The van der Waals surface area contributed by atoms with Crippen LogP contribution < -0.4 is 0 Å². The summed E-state index contributed by atoms with van der Waals surface area (Å²) in [5.74, 6) is 1.32. The van der Waals surface area contributed by atoms with Crippen LogP contribution in [0.15, 0.2) is 72.3 Å². The minimum Gasteiger partial charge on any atom is -0.381 e. The molecule has 2 aromatic rings. The van der Waals surface area contributed by atoms with Gasteiger partial charge in [0.05, 0.1) is 0 Å². The first-order chi connectivity index (χ1) is 14.8. The fourth-order valence-electron chi connectivity index (χ4n) is 4.98. The molecule has 156 valence electrons. The number of ketones is 1. The van der Waals surface area contributed by atoms with Crippen molar-refractivity contribution in [1.82, 2.24) is 0 Å². The molecule has 1 atom stereocenters. The molecule has 1 aliphatic heterocycles. The second kappa shape index (κ2) is 10.0. The number of ether oxygens (including phenoxy) is 1. The van der Waals surface area contributed by atoms with Crippen molar-refractivity contribution in [3.8, 4) is 0 Å². The molecule has 0 bridgehead atoms. The summed E-state index contributed by atoms with van der Waals surface area (Å²) in [5, 5.41) is 0. The van der Waals surface area contributed by atoms with E-state index in [9.17, 15) is 4.79 Å². The molecule has 0 saturated carbocycles. The molecule has 0 amide bonds. The van der Waals surface area contributed by atoms with Gasteiger partial charge < -0.3 is 4.74 Å². The number of benzene rings is 2. The number of carbonyl (C=O) groups is 1. The molecule has 1 aliphatic carbocycles. The maximum Gasteiger partial charge on any atom is 0.137 e. The van der Waals surface area contributed by atoms with Gasteiger partial charge in [-0.25, -0.2) is 0 Å². The van der Waals surface area contributed by atoms with Crippen molar-refractivity contribution in [1.29, 1.82) is 0 Å². The van der Waals surface area contributed by atoms with Gasteiger partial charge in [0.1, 0.15) is 5.78 Å². The molecule has 2 nitrogen and oxygen atoms in total. The Hall–Kier alpha value is -2.45. The first-order valence-corrected chi connectivity index (χ1v) is 11.4. The number of hydrogen-bond donors (Lipinski definition) is 0. The average Bonchev–Trinajstić information content (AvgIpc) is 3.22. The lowest BCUT2D eigenvalue weighted by Crippen LogP contribution is -2.16. The first-order valence-electron chi connectivity index (χ1n) is 11.4. The second-order valence-corrected chi connectivity index (χ2v) is 8.49. The number of hydrogen-bond acceptors (Lipinski definition) is 2. The van der Waals surface area contributed by atoms with Crippen LogP contribution in [0.1, 0.15) is 61.6 Å². The topological polar surface area (TPSA) is 26.3 Å². The van der Waals surface area contributed by atoms with E-state index in [1.165, 1.54) is 27.8 Å². The standard InChI is InChI=1S/C28H32O2/c1-2-26-22(13-15-28(26)21-8-4-3-5-9-21)12-14-25(29)20-24-10-6-7-11-27(24)23-16-18-30-19-17-23/h3-11,13,15,23,26H,2,12,14,16-20H2,1H3. The van der Waals surface area contributed by atoms with Gasteiger partial charge in [-0.15, -0.1) is 0 Å². The zero-order valence-electron chi connectivity index (χ0n) is 18.0. The molecule has 2 aliphatic rings. The summed E-state index contributed by atoms with van der Waals surface area (Å²) < 4.78 is 5.52. The Morgan fingerprint density at radius 1 is 0.967 bits per heavy atom. The fraction of sp³-hybridized carbons (Fsp3) is 0.393. The maximum atomic E-state index is 12.9. The van der Waals surface area contributed by atoms with E-state index in [0.29, 0.717) is 30.5 Å². The van der Waals surface area contributed by atoms with Gasteiger partial charge in [-0.3, -0.25) is 4.79 Å².